The van der Waals surface area contributed by atoms with Gasteiger partial charge in [0.2, 0.25) is 0 Å². The normalized spacial score (nSPS) is 15.7. The molecular weight excluding hydrogens is 346 g/mol. The van der Waals surface area contributed by atoms with Crippen LogP contribution in [0.15, 0.2) is 48.5 Å². The molecule has 1 aliphatic carbocycles. The lowest BCUT2D eigenvalue weighted by Gasteiger charge is -2.34. The lowest BCUT2D eigenvalue weighted by Crippen LogP contribution is -2.23. The van der Waals surface area contributed by atoms with Gasteiger partial charge in [0.15, 0.2) is 0 Å². The summed E-state index contributed by atoms with van der Waals surface area (Å²) in [5, 5.41) is 9.05. The quantitative estimate of drug-likeness (QED) is 0.413. The van der Waals surface area contributed by atoms with Crippen molar-refractivity contribution >= 4 is 11.5 Å². The smallest absolute Gasteiger partial charge is 0.338 e. The van der Waals surface area contributed by atoms with Crippen LogP contribution < -0.4 is 0 Å². The fourth-order valence-electron chi connectivity index (χ4n) is 3.45. The average molecular weight is 369 g/mol. The zero-order valence-electron chi connectivity index (χ0n) is 16.5. The van der Waals surface area contributed by atoms with Crippen molar-refractivity contribution in [2.45, 2.75) is 39.0 Å². The lowest BCUT2D eigenvalue weighted by atomic mass is 9.70. The van der Waals surface area contributed by atoms with E-state index in [4.69, 9.17) is 10.00 Å². The first-order valence-corrected chi connectivity index (χ1v) is 9.47. The number of esters is 1. The molecule has 140 valence electrons. The van der Waals surface area contributed by atoms with Crippen LogP contribution in [0.5, 0.6) is 0 Å². The first-order chi connectivity index (χ1) is 13.4. The van der Waals surface area contributed by atoms with Gasteiger partial charge >= 0.3 is 5.97 Å². The van der Waals surface area contributed by atoms with Crippen molar-refractivity contribution in [1.82, 2.24) is 0 Å². The molecular formula is C25H23NO2. The van der Waals surface area contributed by atoms with Gasteiger partial charge in [-0.05, 0) is 78.3 Å². The number of nitrogens with zero attached hydrogens (tertiary/aromatic N) is 1. The number of carbonyl (C=O) groups is 1. The molecule has 0 atom stereocenters. The maximum atomic E-state index is 11.7. The van der Waals surface area contributed by atoms with Crippen molar-refractivity contribution in [3.05, 3.63) is 76.4 Å². The van der Waals surface area contributed by atoms with Crippen molar-refractivity contribution in [2.24, 2.45) is 0 Å². The van der Waals surface area contributed by atoms with Crippen LogP contribution in [0.4, 0.5) is 0 Å². The summed E-state index contributed by atoms with van der Waals surface area (Å²) in [6.07, 6.45) is 3.59. The molecule has 0 heterocycles. The van der Waals surface area contributed by atoms with Crippen LogP contribution in [0.1, 0.15) is 66.2 Å². The highest BCUT2D eigenvalue weighted by Gasteiger charge is 2.29. The van der Waals surface area contributed by atoms with E-state index in [0.717, 1.165) is 35.1 Å². The van der Waals surface area contributed by atoms with Crippen LogP contribution in [0.25, 0.3) is 5.57 Å². The van der Waals surface area contributed by atoms with E-state index < -0.39 is 0 Å². The number of rotatable bonds is 2. The Morgan fingerprint density at radius 2 is 1.82 bits per heavy atom. The summed E-state index contributed by atoms with van der Waals surface area (Å²) in [5.74, 6) is 6.06. The fourth-order valence-corrected chi connectivity index (χ4v) is 3.45. The minimum Gasteiger partial charge on any atom is -0.462 e. The minimum atomic E-state index is -0.319. The molecule has 2 aromatic rings. The first-order valence-electron chi connectivity index (χ1n) is 9.47. The van der Waals surface area contributed by atoms with Gasteiger partial charge in [0.1, 0.15) is 0 Å². The topological polar surface area (TPSA) is 50.1 Å². The Kier molecular flexibility index (Phi) is 5.67. The molecule has 0 aromatic heterocycles. The third kappa shape index (κ3) is 4.16. The molecule has 0 N–H and O–H groups in total. The highest BCUT2D eigenvalue weighted by Crippen LogP contribution is 2.42. The van der Waals surface area contributed by atoms with E-state index >= 15 is 0 Å². The van der Waals surface area contributed by atoms with E-state index in [-0.39, 0.29) is 11.4 Å². The van der Waals surface area contributed by atoms with E-state index in [2.05, 4.69) is 43.9 Å². The summed E-state index contributed by atoms with van der Waals surface area (Å²) in [5.41, 5.74) is 5.87. The van der Waals surface area contributed by atoms with E-state index in [1.807, 2.05) is 18.2 Å². The number of hydrogen-bond donors (Lipinski definition) is 0. The molecule has 0 amide bonds. The van der Waals surface area contributed by atoms with E-state index in [9.17, 15) is 4.79 Å². The van der Waals surface area contributed by atoms with Gasteiger partial charge in [-0.2, -0.15) is 5.26 Å². The predicted octanol–water partition coefficient (Wildman–Crippen LogP) is 5.24. The molecule has 0 bridgehead atoms. The molecule has 1 aliphatic rings. The molecule has 28 heavy (non-hydrogen) atoms. The van der Waals surface area contributed by atoms with Gasteiger partial charge in [0.25, 0.3) is 0 Å². The highest BCUT2D eigenvalue weighted by molar-refractivity contribution is 5.89. The molecule has 0 spiro atoms. The van der Waals surface area contributed by atoms with E-state index in [1.54, 1.807) is 25.1 Å². The van der Waals surface area contributed by atoms with Crippen molar-refractivity contribution in [3.63, 3.8) is 0 Å². The monoisotopic (exact) mass is 369 g/mol. The standard InChI is InChI=1S/C25H23NO2/c1-4-28-24(27)21-10-7-18(8-11-21)5-6-19-9-12-22-20(14-16-26)13-15-25(2,3)23(22)17-19/h7-12,14,17H,4,13,15H2,1-3H3/b20-14+. The SMILES string of the molecule is CCOC(=O)c1ccc(C#Cc2ccc3c(c2)C(C)(C)CC/C3=C\C#N)cc1. The first kappa shape index (κ1) is 19.5. The van der Waals surface area contributed by atoms with Gasteiger partial charge in [-0.3, -0.25) is 0 Å². The Balaban J connectivity index is 1.88. The summed E-state index contributed by atoms with van der Waals surface area (Å²) in [6.45, 7) is 6.62. The number of ether oxygens (including phenoxy) is 1. The minimum absolute atomic E-state index is 0.0567. The average Bonchev–Trinajstić information content (AvgIpc) is 2.69. The molecule has 0 unspecified atom stereocenters. The largest absolute Gasteiger partial charge is 0.462 e. The van der Waals surface area contributed by atoms with Crippen LogP contribution in [-0.2, 0) is 10.2 Å². The molecule has 2 aromatic carbocycles. The van der Waals surface area contributed by atoms with Crippen molar-refractivity contribution in [3.8, 4) is 17.9 Å². The summed E-state index contributed by atoms with van der Waals surface area (Å²) in [4.78, 5) is 11.7. The molecule has 3 nitrogen and oxygen atoms in total. The van der Waals surface area contributed by atoms with Crippen molar-refractivity contribution in [1.29, 1.82) is 5.26 Å². The van der Waals surface area contributed by atoms with Crippen LogP contribution in [0.3, 0.4) is 0 Å². The second-order valence-electron chi connectivity index (χ2n) is 7.49. The molecule has 0 aliphatic heterocycles. The van der Waals surface area contributed by atoms with Gasteiger partial charge in [-0.25, -0.2) is 4.79 Å². The molecule has 0 saturated carbocycles. The number of hydrogen-bond acceptors (Lipinski definition) is 3. The molecule has 3 heteroatoms. The zero-order chi connectivity index (χ0) is 20.1. The second kappa shape index (κ2) is 8.15. The number of benzene rings is 2. The fraction of sp³-hybridized carbons (Fsp3) is 0.280. The Morgan fingerprint density at radius 3 is 2.50 bits per heavy atom. The van der Waals surface area contributed by atoms with Gasteiger partial charge in [0.05, 0.1) is 18.2 Å². The van der Waals surface area contributed by atoms with E-state index in [1.165, 1.54) is 5.56 Å². The lowest BCUT2D eigenvalue weighted by molar-refractivity contribution is 0.0526. The number of carbonyl (C=O) groups excluding carboxylic acids is 1. The predicted molar refractivity (Wildman–Crippen MR) is 111 cm³/mol. The molecule has 0 fully saturated rings. The summed E-state index contributed by atoms with van der Waals surface area (Å²) in [6, 6.07) is 15.5. The summed E-state index contributed by atoms with van der Waals surface area (Å²) < 4.78 is 5.00. The summed E-state index contributed by atoms with van der Waals surface area (Å²) >= 11 is 0. The molecule has 0 saturated heterocycles. The van der Waals surface area contributed by atoms with Crippen molar-refractivity contribution < 1.29 is 9.53 Å². The van der Waals surface area contributed by atoms with E-state index in [0.29, 0.717) is 12.2 Å². The zero-order valence-corrected chi connectivity index (χ0v) is 16.5. The van der Waals surface area contributed by atoms with Crippen LogP contribution in [-0.4, -0.2) is 12.6 Å². The highest BCUT2D eigenvalue weighted by atomic mass is 16.5. The van der Waals surface area contributed by atoms with Crippen LogP contribution in [0, 0.1) is 23.2 Å². The maximum Gasteiger partial charge on any atom is 0.338 e. The number of fused-ring (bicyclic) bond motifs is 1. The van der Waals surface area contributed by atoms with Crippen LogP contribution in [0.2, 0.25) is 0 Å². The number of allylic oxidation sites excluding steroid dienone is 2. The van der Waals surface area contributed by atoms with Gasteiger partial charge in [-0.15, -0.1) is 0 Å². The molecule has 0 radical (unpaired) electrons. The van der Waals surface area contributed by atoms with Crippen molar-refractivity contribution in [2.75, 3.05) is 6.61 Å². The maximum absolute atomic E-state index is 11.7. The Morgan fingerprint density at radius 1 is 1.14 bits per heavy atom. The third-order valence-corrected chi connectivity index (χ3v) is 5.10. The second-order valence-corrected chi connectivity index (χ2v) is 7.49. The Labute approximate surface area is 166 Å². The van der Waals surface area contributed by atoms with Gasteiger partial charge in [0, 0.05) is 17.2 Å². The Hall–Kier alpha value is -3.30. The third-order valence-electron chi connectivity index (χ3n) is 5.10. The van der Waals surface area contributed by atoms with Gasteiger partial charge in [-0.1, -0.05) is 31.8 Å². The van der Waals surface area contributed by atoms with Crippen LogP contribution >= 0.6 is 0 Å². The Bertz CT molecular complexity index is 1020. The summed E-state index contributed by atoms with van der Waals surface area (Å²) in [7, 11) is 0. The van der Waals surface area contributed by atoms with Gasteiger partial charge < -0.3 is 4.74 Å². The molecule has 3 rings (SSSR count). The number of nitriles is 1.